The minimum atomic E-state index is -0.0546. The van der Waals surface area contributed by atoms with Gasteiger partial charge in [-0.2, -0.15) is 5.10 Å². The predicted molar refractivity (Wildman–Crippen MR) is 87.4 cm³/mol. The Kier molecular flexibility index (Phi) is 4.38. The summed E-state index contributed by atoms with van der Waals surface area (Å²) in [7, 11) is 3.51. The van der Waals surface area contributed by atoms with E-state index in [1.807, 2.05) is 42.4 Å². The first-order valence-electron chi connectivity index (χ1n) is 7.28. The maximum Gasteiger partial charge on any atom is 0.240 e. The average molecular weight is 317 g/mol. The molecule has 1 aliphatic heterocycles. The van der Waals surface area contributed by atoms with Crippen molar-refractivity contribution in [2.24, 2.45) is 7.05 Å². The zero-order valence-corrected chi connectivity index (χ0v) is 13.5. The van der Waals surface area contributed by atoms with Crippen LogP contribution in [0.5, 0.6) is 5.75 Å². The van der Waals surface area contributed by atoms with E-state index in [1.165, 1.54) is 0 Å². The lowest BCUT2D eigenvalue weighted by Crippen LogP contribution is -2.42. The molecule has 0 N–H and O–H groups in total. The summed E-state index contributed by atoms with van der Waals surface area (Å²) in [5.74, 6) is 0.976. The van der Waals surface area contributed by atoms with Crippen LogP contribution in [0.4, 0.5) is 5.69 Å². The molecule has 3 rings (SSSR count). The molecule has 0 spiro atoms. The number of nitrogens with zero attached hydrogens (tertiary/aromatic N) is 3. The lowest BCUT2D eigenvalue weighted by molar-refractivity contribution is -0.119. The van der Waals surface area contributed by atoms with E-state index in [0.717, 1.165) is 35.7 Å². The number of benzene rings is 1. The molecular formula is C16H19N3O2S. The van der Waals surface area contributed by atoms with Crippen molar-refractivity contribution in [1.29, 1.82) is 0 Å². The van der Waals surface area contributed by atoms with Gasteiger partial charge in [-0.15, -0.1) is 11.8 Å². The summed E-state index contributed by atoms with van der Waals surface area (Å²) < 4.78 is 6.97. The summed E-state index contributed by atoms with van der Waals surface area (Å²) in [4.78, 5) is 15.6. The van der Waals surface area contributed by atoms with Gasteiger partial charge in [0.05, 0.1) is 24.2 Å². The molecule has 0 saturated carbocycles. The second-order valence-corrected chi connectivity index (χ2v) is 6.57. The zero-order valence-electron chi connectivity index (χ0n) is 12.7. The number of hydrogen-bond donors (Lipinski definition) is 0. The van der Waals surface area contributed by atoms with Crippen LogP contribution in [0.2, 0.25) is 0 Å². The number of rotatable bonds is 4. The van der Waals surface area contributed by atoms with Gasteiger partial charge in [-0.05, 0) is 31.0 Å². The number of ether oxygens (including phenoxy) is 1. The molecule has 0 aliphatic carbocycles. The highest BCUT2D eigenvalue weighted by Gasteiger charge is 2.31. The van der Waals surface area contributed by atoms with Crippen LogP contribution in [0.1, 0.15) is 12.8 Å². The number of carbonyl (C=O) groups excluding carboxylic acids is 1. The maximum absolute atomic E-state index is 12.7. The number of aromatic nitrogens is 2. The third-order valence-corrected chi connectivity index (χ3v) is 4.96. The Morgan fingerprint density at radius 2 is 2.27 bits per heavy atom. The van der Waals surface area contributed by atoms with Gasteiger partial charge < -0.3 is 9.64 Å². The molecule has 0 radical (unpaired) electrons. The summed E-state index contributed by atoms with van der Waals surface area (Å²) in [6, 6.07) is 7.85. The van der Waals surface area contributed by atoms with Gasteiger partial charge in [0.15, 0.2) is 0 Å². The number of methoxy groups -OCH3 is 1. The highest BCUT2D eigenvalue weighted by Crippen LogP contribution is 2.33. The Balaban J connectivity index is 1.75. The molecule has 0 bridgehead atoms. The van der Waals surface area contributed by atoms with E-state index in [2.05, 4.69) is 5.10 Å². The van der Waals surface area contributed by atoms with Gasteiger partial charge in [-0.3, -0.25) is 9.48 Å². The number of hydrogen-bond acceptors (Lipinski definition) is 4. The van der Waals surface area contributed by atoms with Crippen molar-refractivity contribution in [3.8, 4) is 5.75 Å². The number of amides is 1. The first-order chi connectivity index (χ1) is 10.7. The van der Waals surface area contributed by atoms with E-state index in [-0.39, 0.29) is 11.2 Å². The van der Waals surface area contributed by atoms with Gasteiger partial charge in [0.2, 0.25) is 5.91 Å². The van der Waals surface area contributed by atoms with E-state index < -0.39 is 0 Å². The van der Waals surface area contributed by atoms with Crippen molar-refractivity contribution in [3.05, 3.63) is 36.7 Å². The fourth-order valence-corrected chi connectivity index (χ4v) is 3.78. The molecule has 1 aromatic heterocycles. The largest absolute Gasteiger partial charge is 0.497 e. The molecule has 6 heteroatoms. The second-order valence-electron chi connectivity index (χ2n) is 5.29. The van der Waals surface area contributed by atoms with Crippen molar-refractivity contribution in [2.45, 2.75) is 23.0 Å². The quantitative estimate of drug-likeness (QED) is 0.870. The minimum Gasteiger partial charge on any atom is -0.497 e. The summed E-state index contributed by atoms with van der Waals surface area (Å²) in [5.41, 5.74) is 0.878. The Morgan fingerprint density at radius 1 is 1.41 bits per heavy atom. The van der Waals surface area contributed by atoms with E-state index in [1.54, 1.807) is 29.8 Å². The third-order valence-electron chi connectivity index (χ3n) is 3.71. The first-order valence-corrected chi connectivity index (χ1v) is 8.16. The zero-order chi connectivity index (χ0) is 15.5. The Bertz CT molecular complexity index is 671. The standard InChI is InChI=1S/C16H19N3O2S/c1-18-11-12(10-17-18)19-8-4-7-15(16(19)20)22-14-6-3-5-13(9-14)21-2/h3,5-6,9-11,15H,4,7-8H2,1-2H3. The molecule has 116 valence electrons. The van der Waals surface area contributed by atoms with Gasteiger partial charge in [-0.1, -0.05) is 6.07 Å². The molecule has 1 aliphatic rings. The lowest BCUT2D eigenvalue weighted by atomic mass is 10.1. The Morgan fingerprint density at radius 3 is 3.00 bits per heavy atom. The van der Waals surface area contributed by atoms with Gasteiger partial charge in [-0.25, -0.2) is 0 Å². The Labute approximate surface area is 134 Å². The molecule has 22 heavy (non-hydrogen) atoms. The number of anilines is 1. The molecule has 1 saturated heterocycles. The van der Waals surface area contributed by atoms with Crippen LogP contribution < -0.4 is 9.64 Å². The smallest absolute Gasteiger partial charge is 0.240 e. The van der Waals surface area contributed by atoms with Crippen LogP contribution in [0.3, 0.4) is 0 Å². The molecule has 2 aromatic rings. The van der Waals surface area contributed by atoms with Gasteiger partial charge in [0, 0.05) is 24.7 Å². The van der Waals surface area contributed by atoms with Gasteiger partial charge in [0.1, 0.15) is 5.75 Å². The molecule has 1 aromatic carbocycles. The van der Waals surface area contributed by atoms with Crippen molar-refractivity contribution in [3.63, 3.8) is 0 Å². The minimum absolute atomic E-state index is 0.0546. The highest BCUT2D eigenvalue weighted by molar-refractivity contribution is 8.00. The summed E-state index contributed by atoms with van der Waals surface area (Å²) in [5, 5.41) is 4.10. The van der Waals surface area contributed by atoms with Crippen LogP contribution >= 0.6 is 11.8 Å². The normalized spacial score (nSPS) is 18.5. The molecule has 1 amide bonds. The second kappa shape index (κ2) is 6.44. The molecule has 1 unspecified atom stereocenters. The van der Waals surface area contributed by atoms with Gasteiger partial charge >= 0.3 is 0 Å². The topological polar surface area (TPSA) is 47.4 Å². The summed E-state index contributed by atoms with van der Waals surface area (Å²) in [6.45, 7) is 0.764. The number of thioether (sulfide) groups is 1. The summed E-state index contributed by atoms with van der Waals surface area (Å²) >= 11 is 1.61. The van der Waals surface area contributed by atoms with Crippen LogP contribution in [-0.2, 0) is 11.8 Å². The SMILES string of the molecule is COc1cccc(SC2CCCN(c3cnn(C)c3)C2=O)c1. The molecular weight excluding hydrogens is 298 g/mol. The summed E-state index contributed by atoms with van der Waals surface area (Å²) in [6.07, 6.45) is 5.53. The molecule has 1 atom stereocenters. The fraction of sp³-hybridized carbons (Fsp3) is 0.375. The van der Waals surface area contributed by atoms with Crippen molar-refractivity contribution >= 4 is 23.4 Å². The van der Waals surface area contributed by atoms with E-state index in [4.69, 9.17) is 4.74 Å². The van der Waals surface area contributed by atoms with Crippen LogP contribution in [0, 0.1) is 0 Å². The van der Waals surface area contributed by atoms with Gasteiger partial charge in [0.25, 0.3) is 0 Å². The fourth-order valence-electron chi connectivity index (χ4n) is 2.59. The molecule has 1 fully saturated rings. The highest BCUT2D eigenvalue weighted by atomic mass is 32.2. The van der Waals surface area contributed by atoms with Crippen molar-refractivity contribution in [1.82, 2.24) is 9.78 Å². The Hall–Kier alpha value is -1.95. The van der Waals surface area contributed by atoms with Crippen LogP contribution in [-0.4, -0.2) is 34.6 Å². The van der Waals surface area contributed by atoms with E-state index in [9.17, 15) is 4.79 Å². The van der Waals surface area contributed by atoms with Crippen LogP contribution in [0.15, 0.2) is 41.6 Å². The van der Waals surface area contributed by atoms with Crippen LogP contribution in [0.25, 0.3) is 0 Å². The number of carbonyl (C=O) groups is 1. The molecule has 5 nitrogen and oxygen atoms in total. The van der Waals surface area contributed by atoms with Crippen molar-refractivity contribution in [2.75, 3.05) is 18.6 Å². The monoisotopic (exact) mass is 317 g/mol. The number of piperidine rings is 1. The lowest BCUT2D eigenvalue weighted by Gasteiger charge is -2.31. The van der Waals surface area contributed by atoms with Crippen molar-refractivity contribution < 1.29 is 9.53 Å². The van der Waals surface area contributed by atoms with E-state index >= 15 is 0 Å². The third kappa shape index (κ3) is 3.11. The predicted octanol–water partition coefficient (Wildman–Crippen LogP) is 2.72. The number of aryl methyl sites for hydroxylation is 1. The molecule has 2 heterocycles. The maximum atomic E-state index is 12.7. The average Bonchev–Trinajstić information content (AvgIpc) is 2.96. The van der Waals surface area contributed by atoms with E-state index in [0.29, 0.717) is 0 Å². The first kappa shape index (κ1) is 15.0.